The van der Waals surface area contributed by atoms with Gasteiger partial charge in [0.2, 0.25) is 11.8 Å². The fourth-order valence-corrected chi connectivity index (χ4v) is 8.02. The van der Waals surface area contributed by atoms with Crippen molar-refractivity contribution in [3.63, 3.8) is 0 Å². The summed E-state index contributed by atoms with van der Waals surface area (Å²) < 4.78 is 23.6. The number of carbonyl (C=O) groups is 6. The number of likely N-dealkylation sites (N-methyl/N-ethyl adjacent to an activating group) is 2. The van der Waals surface area contributed by atoms with E-state index < -0.39 is 18.2 Å². The Kier molecular flexibility index (Phi) is 43.0. The van der Waals surface area contributed by atoms with Gasteiger partial charge in [-0.3, -0.25) is 28.8 Å². The van der Waals surface area contributed by atoms with Gasteiger partial charge in [-0.1, -0.05) is 109 Å². The Morgan fingerprint density at radius 2 is 0.851 bits per heavy atom. The maximum absolute atomic E-state index is 12.7. The molecule has 0 aromatic carbocycles. The van der Waals surface area contributed by atoms with Crippen molar-refractivity contribution in [3.8, 4) is 0 Å². The molecule has 3 N–H and O–H groups in total. The van der Waals surface area contributed by atoms with Crippen molar-refractivity contribution < 1.29 is 61.8 Å². The molecule has 4 unspecified atom stereocenters. The van der Waals surface area contributed by atoms with Crippen molar-refractivity contribution >= 4 is 35.7 Å². The summed E-state index contributed by atoms with van der Waals surface area (Å²) in [6.07, 6.45) is 30.4. The summed E-state index contributed by atoms with van der Waals surface area (Å²) in [5, 5.41) is 16.7. The molecule has 0 radical (unpaired) electrons. The van der Waals surface area contributed by atoms with E-state index in [-0.39, 0.29) is 67.4 Å². The number of hydrogen-bond acceptors (Lipinski definition) is 11. The van der Waals surface area contributed by atoms with Crippen LogP contribution in [0.25, 0.3) is 0 Å². The zero-order valence-corrected chi connectivity index (χ0v) is 48.5. The van der Waals surface area contributed by atoms with Crippen LogP contribution in [0.1, 0.15) is 213 Å². The molecule has 4 atom stereocenters. The second-order valence-corrected chi connectivity index (χ2v) is 22.5. The van der Waals surface area contributed by atoms with E-state index in [4.69, 9.17) is 18.9 Å². The van der Waals surface area contributed by atoms with Crippen LogP contribution >= 0.6 is 0 Å². The Bertz CT molecular complexity index is 1430. The first-order valence-corrected chi connectivity index (χ1v) is 29.1. The van der Waals surface area contributed by atoms with Crippen LogP contribution in [-0.4, -0.2) is 150 Å². The number of unbranched alkanes of at least 4 members (excludes halogenated alkanes) is 14. The number of nitrogens with zero attached hydrogens (tertiary/aromatic N) is 2. The van der Waals surface area contributed by atoms with Gasteiger partial charge < -0.3 is 43.7 Å². The molecule has 430 valence electrons. The van der Waals surface area contributed by atoms with Crippen LogP contribution < -0.4 is 10.6 Å². The summed E-state index contributed by atoms with van der Waals surface area (Å²) in [5.41, 5.74) is 0. The zero-order chi connectivity index (χ0) is 55.3. The van der Waals surface area contributed by atoms with E-state index >= 15 is 0 Å². The number of nitrogens with one attached hydrogen (secondary N) is 2. The number of rotatable bonds is 49. The summed E-state index contributed by atoms with van der Waals surface area (Å²) >= 11 is 0. The molecule has 0 fully saturated rings. The third-order valence-electron chi connectivity index (χ3n) is 12.9. The monoisotopic (exact) mass is 1050 g/mol. The molecule has 0 aliphatic heterocycles. The molecule has 0 spiro atoms. The number of amides is 2. The second-order valence-electron chi connectivity index (χ2n) is 22.5. The average Bonchev–Trinajstić information content (AvgIpc) is 3.32. The fourth-order valence-electron chi connectivity index (χ4n) is 8.02. The Hall–Kier alpha value is -3.82. The van der Waals surface area contributed by atoms with Crippen LogP contribution in [0.3, 0.4) is 0 Å². The second kappa shape index (κ2) is 45.4. The highest BCUT2D eigenvalue weighted by Crippen LogP contribution is 2.21. The first-order valence-electron chi connectivity index (χ1n) is 29.1. The minimum Gasteiger partial charge on any atom is -0.462 e. The summed E-state index contributed by atoms with van der Waals surface area (Å²) in [4.78, 5) is 73.9. The maximum Gasteiger partial charge on any atom is 0.306 e. The number of hydrogen-bond donors (Lipinski definition) is 3. The third kappa shape index (κ3) is 46.7. The van der Waals surface area contributed by atoms with Crippen LogP contribution in [0.2, 0.25) is 0 Å². The van der Waals surface area contributed by atoms with Crippen LogP contribution in [0.5, 0.6) is 0 Å². The van der Waals surface area contributed by atoms with Gasteiger partial charge in [-0.05, 0) is 95.8 Å². The van der Waals surface area contributed by atoms with E-state index in [1.807, 2.05) is 48.4 Å². The smallest absolute Gasteiger partial charge is 0.306 e. The van der Waals surface area contributed by atoms with Gasteiger partial charge in [0.15, 0.2) is 0 Å². The SMILES string of the molecule is CCCCCC(OC(=O)CCCC(=O)OCC[N+](C)(C)C)C(C)C/C=C\CCCCCCCC(=O)NCCNC(=O)CCCCCCC/C=C\CC(O)C(CCCCC)OC(=O)CCCC(=O)OCC[N+](C)(C)C. The molecule has 0 aromatic heterocycles. The zero-order valence-electron chi connectivity index (χ0n) is 48.5. The molecule has 15 heteroatoms. The van der Waals surface area contributed by atoms with E-state index in [1.54, 1.807) is 0 Å². The van der Waals surface area contributed by atoms with Gasteiger partial charge in [0.1, 0.15) is 38.5 Å². The highest BCUT2D eigenvalue weighted by Gasteiger charge is 2.23. The molecular weight excluding hydrogens is 941 g/mol. The summed E-state index contributed by atoms with van der Waals surface area (Å²) in [5.74, 6) is -0.962. The van der Waals surface area contributed by atoms with Gasteiger partial charge in [-0.15, -0.1) is 0 Å². The standard InChI is InChI=1S/C59H108N4O11/c1-10-12-26-36-52(73-58(69)42-32-40-56(67)71-48-46-62(4,5)6)50(3)34-28-22-18-14-16-20-24-30-38-54(65)60-44-45-61-55(66)39-31-25-21-17-15-19-23-29-35-51(64)53(37-27-13-11-2)74-59(70)43-33-41-57(68)72-49-47-63(7,8)9/h22-23,28-29,50-53,64H,10-21,24-27,30-49H2,1-9H3/p+2/b28-22-,29-23-. The van der Waals surface area contributed by atoms with E-state index in [1.165, 1.54) is 0 Å². The lowest BCUT2D eigenvalue weighted by Gasteiger charge is -2.24. The highest BCUT2D eigenvalue weighted by molar-refractivity contribution is 5.77. The van der Waals surface area contributed by atoms with Crippen molar-refractivity contribution in [2.75, 3.05) is 81.7 Å². The minimum atomic E-state index is -0.779. The molecule has 0 saturated carbocycles. The Balaban J connectivity index is 4.08. The Morgan fingerprint density at radius 3 is 1.30 bits per heavy atom. The van der Waals surface area contributed by atoms with Gasteiger partial charge in [0, 0.05) is 51.6 Å². The molecule has 0 aromatic rings. The van der Waals surface area contributed by atoms with Gasteiger partial charge >= 0.3 is 23.9 Å². The van der Waals surface area contributed by atoms with E-state index in [0.717, 1.165) is 146 Å². The number of ether oxygens (including phenoxy) is 4. The lowest BCUT2D eigenvalue weighted by Crippen LogP contribution is -2.38. The van der Waals surface area contributed by atoms with E-state index in [9.17, 15) is 33.9 Å². The van der Waals surface area contributed by atoms with Gasteiger partial charge in [-0.25, -0.2) is 0 Å². The quantitative estimate of drug-likeness (QED) is 0.0173. The number of quaternary nitrogens is 2. The third-order valence-corrected chi connectivity index (χ3v) is 12.9. The topological polar surface area (TPSA) is 184 Å². The molecule has 2 amide bonds. The minimum absolute atomic E-state index is 0.0117. The largest absolute Gasteiger partial charge is 0.462 e. The Morgan fingerprint density at radius 1 is 0.459 bits per heavy atom. The van der Waals surface area contributed by atoms with Crippen molar-refractivity contribution in [2.24, 2.45) is 5.92 Å². The molecule has 74 heavy (non-hydrogen) atoms. The number of carbonyl (C=O) groups excluding carboxylic acids is 6. The van der Waals surface area contributed by atoms with Crippen LogP contribution in [-0.2, 0) is 47.7 Å². The van der Waals surface area contributed by atoms with Gasteiger partial charge in [0.25, 0.3) is 0 Å². The maximum atomic E-state index is 12.7. The molecule has 15 nitrogen and oxygen atoms in total. The van der Waals surface area contributed by atoms with Crippen molar-refractivity contribution in [1.82, 2.24) is 10.6 Å². The number of aliphatic hydroxyl groups is 1. The first kappa shape index (κ1) is 70.2. The molecular formula is C59H110N4O11+2. The lowest BCUT2D eigenvalue weighted by atomic mass is 9.95. The van der Waals surface area contributed by atoms with Crippen molar-refractivity contribution in [1.29, 1.82) is 0 Å². The molecule has 0 aliphatic rings. The molecule has 0 bridgehead atoms. The summed E-state index contributed by atoms with van der Waals surface area (Å²) in [6.45, 7) is 9.47. The predicted octanol–water partition coefficient (Wildman–Crippen LogP) is 10.4. The van der Waals surface area contributed by atoms with Gasteiger partial charge in [0.05, 0.1) is 48.4 Å². The van der Waals surface area contributed by atoms with E-state index in [2.05, 4.69) is 49.6 Å². The normalized spacial score (nSPS) is 13.6. The summed E-state index contributed by atoms with van der Waals surface area (Å²) in [6, 6.07) is 0. The van der Waals surface area contributed by atoms with Crippen molar-refractivity contribution in [3.05, 3.63) is 24.3 Å². The fraction of sp³-hybridized carbons (Fsp3) is 0.831. The Labute approximate surface area is 450 Å². The summed E-state index contributed by atoms with van der Waals surface area (Å²) in [7, 11) is 12.2. The van der Waals surface area contributed by atoms with E-state index in [0.29, 0.717) is 69.3 Å². The van der Waals surface area contributed by atoms with Gasteiger partial charge in [-0.2, -0.15) is 0 Å². The molecule has 0 rings (SSSR count). The molecule has 0 heterocycles. The van der Waals surface area contributed by atoms with Crippen LogP contribution in [0, 0.1) is 5.92 Å². The molecule has 0 saturated heterocycles. The highest BCUT2D eigenvalue weighted by atomic mass is 16.6. The average molecular weight is 1050 g/mol. The first-order chi connectivity index (χ1) is 35.3. The lowest BCUT2D eigenvalue weighted by molar-refractivity contribution is -0.870. The molecule has 0 aliphatic carbocycles. The van der Waals surface area contributed by atoms with Crippen LogP contribution in [0.4, 0.5) is 0 Å². The number of aliphatic hydroxyl groups excluding tert-OH is 1. The van der Waals surface area contributed by atoms with Crippen molar-refractivity contribution in [2.45, 2.75) is 232 Å². The van der Waals surface area contributed by atoms with Crippen LogP contribution in [0.15, 0.2) is 24.3 Å². The predicted molar refractivity (Wildman–Crippen MR) is 297 cm³/mol. The number of esters is 4. The number of allylic oxidation sites excluding steroid dienone is 3.